The molecule has 1 aromatic carbocycles. The summed E-state index contributed by atoms with van der Waals surface area (Å²) in [5.74, 6) is -0.158. The van der Waals surface area contributed by atoms with Crippen LogP contribution in [0.15, 0.2) is 41.4 Å². The van der Waals surface area contributed by atoms with Crippen LogP contribution in [0.5, 0.6) is 0 Å². The Morgan fingerprint density at radius 2 is 2.24 bits per heavy atom. The van der Waals surface area contributed by atoms with E-state index in [-0.39, 0.29) is 10.8 Å². The highest BCUT2D eigenvalue weighted by molar-refractivity contribution is 8.00. The van der Waals surface area contributed by atoms with E-state index in [2.05, 4.69) is 4.98 Å². The van der Waals surface area contributed by atoms with E-state index >= 15 is 0 Å². The fraction of sp³-hybridized carbons (Fsp3) is 0.0833. The molecule has 88 valence electrons. The molecule has 0 fully saturated rings. The normalized spacial score (nSPS) is 10.5. The highest BCUT2D eigenvalue weighted by Gasteiger charge is 2.08. The van der Waals surface area contributed by atoms with Gasteiger partial charge >= 0.3 is 0 Å². The topological polar surface area (TPSA) is 32.9 Å². The largest absolute Gasteiger partial charge is 0.359 e. The Balaban J connectivity index is 1.98. The third kappa shape index (κ3) is 3.11. The fourth-order valence-electron chi connectivity index (χ4n) is 1.30. The Morgan fingerprint density at radius 1 is 1.41 bits per heavy atom. The number of aromatic amines is 1. The van der Waals surface area contributed by atoms with E-state index < -0.39 is 5.82 Å². The first-order valence-electron chi connectivity index (χ1n) is 4.91. The van der Waals surface area contributed by atoms with Crippen LogP contribution in [0, 0.1) is 5.82 Å². The quantitative estimate of drug-likeness (QED) is 0.677. The van der Waals surface area contributed by atoms with Gasteiger partial charge in [-0.05, 0) is 30.3 Å². The molecule has 2 aromatic rings. The molecule has 0 unspecified atom stereocenters. The maximum Gasteiger partial charge on any atom is 0.189 e. The van der Waals surface area contributed by atoms with Crippen molar-refractivity contribution in [1.29, 1.82) is 0 Å². The Bertz CT molecular complexity index is 527. The van der Waals surface area contributed by atoms with Gasteiger partial charge in [0.25, 0.3) is 0 Å². The van der Waals surface area contributed by atoms with Crippen molar-refractivity contribution in [1.82, 2.24) is 4.98 Å². The average molecular weight is 270 g/mol. The number of halogens is 2. The van der Waals surface area contributed by atoms with Gasteiger partial charge in [-0.25, -0.2) is 4.39 Å². The number of aromatic nitrogens is 1. The number of hydrogen-bond donors (Lipinski definition) is 1. The van der Waals surface area contributed by atoms with Gasteiger partial charge in [-0.15, -0.1) is 11.8 Å². The number of thioether (sulfide) groups is 1. The molecule has 1 aromatic heterocycles. The van der Waals surface area contributed by atoms with Gasteiger partial charge in [-0.2, -0.15) is 0 Å². The lowest BCUT2D eigenvalue weighted by Crippen LogP contribution is -2.02. The van der Waals surface area contributed by atoms with Gasteiger partial charge in [0.1, 0.15) is 5.82 Å². The Hall–Kier alpha value is -1.26. The van der Waals surface area contributed by atoms with Crippen molar-refractivity contribution in [2.75, 3.05) is 5.75 Å². The summed E-state index contributed by atoms with van der Waals surface area (Å²) >= 11 is 6.98. The number of Topliss-reactive ketones (excluding diaryl/α,β-unsaturated/α-hetero) is 1. The summed E-state index contributed by atoms with van der Waals surface area (Å²) in [5.41, 5.74) is 0.575. The number of carbonyl (C=O) groups excluding carboxylic acids is 1. The molecule has 0 saturated heterocycles. The van der Waals surface area contributed by atoms with Crippen LogP contribution < -0.4 is 0 Å². The molecule has 0 amide bonds. The molecule has 2 rings (SSSR count). The summed E-state index contributed by atoms with van der Waals surface area (Å²) in [4.78, 5) is 15.3. The van der Waals surface area contributed by atoms with Crippen LogP contribution in [0.3, 0.4) is 0 Å². The van der Waals surface area contributed by atoms with Gasteiger partial charge < -0.3 is 4.98 Å². The Labute approximate surface area is 107 Å². The first-order chi connectivity index (χ1) is 8.16. The standard InChI is InChI=1S/C12H9ClFNOS/c13-9-6-8(3-4-10(9)14)17-7-12(16)11-2-1-5-15-11/h1-6,15H,7H2. The summed E-state index contributed by atoms with van der Waals surface area (Å²) < 4.78 is 12.9. The first kappa shape index (κ1) is 12.2. The number of rotatable bonds is 4. The van der Waals surface area contributed by atoms with Crippen molar-refractivity contribution < 1.29 is 9.18 Å². The van der Waals surface area contributed by atoms with Crippen LogP contribution in [-0.2, 0) is 0 Å². The predicted octanol–water partition coefficient (Wildman–Crippen LogP) is 3.78. The second-order valence-electron chi connectivity index (χ2n) is 3.37. The Kier molecular flexibility index (Phi) is 3.86. The monoisotopic (exact) mass is 269 g/mol. The fourth-order valence-corrected chi connectivity index (χ4v) is 2.36. The zero-order valence-corrected chi connectivity index (χ0v) is 10.3. The molecule has 0 aliphatic rings. The maximum absolute atomic E-state index is 12.9. The van der Waals surface area contributed by atoms with Crippen molar-refractivity contribution in [2.24, 2.45) is 0 Å². The predicted molar refractivity (Wildman–Crippen MR) is 67.3 cm³/mol. The molecule has 5 heteroatoms. The summed E-state index contributed by atoms with van der Waals surface area (Å²) in [6.07, 6.45) is 1.70. The lowest BCUT2D eigenvalue weighted by molar-refractivity contribution is 0.101. The van der Waals surface area contributed by atoms with Gasteiger partial charge in [0.2, 0.25) is 0 Å². The summed E-state index contributed by atoms with van der Waals surface area (Å²) in [5, 5.41) is 0.0716. The number of nitrogens with one attached hydrogen (secondary N) is 1. The van der Waals surface area contributed by atoms with Gasteiger partial charge in [-0.1, -0.05) is 11.6 Å². The maximum atomic E-state index is 12.9. The number of hydrogen-bond acceptors (Lipinski definition) is 2. The van der Waals surface area contributed by atoms with Gasteiger partial charge in [0, 0.05) is 11.1 Å². The molecule has 0 atom stereocenters. The highest BCUT2D eigenvalue weighted by Crippen LogP contribution is 2.24. The second kappa shape index (κ2) is 5.38. The van der Waals surface area contributed by atoms with E-state index in [9.17, 15) is 9.18 Å². The third-order valence-electron chi connectivity index (χ3n) is 2.16. The summed E-state index contributed by atoms with van der Waals surface area (Å²) in [7, 11) is 0. The first-order valence-corrected chi connectivity index (χ1v) is 6.27. The average Bonchev–Trinajstić information content (AvgIpc) is 2.84. The molecule has 0 saturated carbocycles. The molecule has 0 bridgehead atoms. The molecule has 1 N–H and O–H groups in total. The molecule has 0 aliphatic heterocycles. The molecule has 0 spiro atoms. The smallest absolute Gasteiger partial charge is 0.189 e. The lowest BCUT2D eigenvalue weighted by Gasteiger charge is -2.01. The molecular formula is C12H9ClFNOS. The minimum absolute atomic E-state index is 0.000414. The van der Waals surface area contributed by atoms with E-state index in [0.29, 0.717) is 11.4 Å². The van der Waals surface area contributed by atoms with Crippen molar-refractivity contribution in [3.63, 3.8) is 0 Å². The zero-order chi connectivity index (χ0) is 12.3. The van der Waals surface area contributed by atoms with Crippen molar-refractivity contribution >= 4 is 29.1 Å². The SMILES string of the molecule is O=C(CSc1ccc(F)c(Cl)c1)c1ccc[nH]1. The molecule has 2 nitrogen and oxygen atoms in total. The van der Waals surface area contributed by atoms with Gasteiger partial charge in [-0.3, -0.25) is 4.79 Å². The van der Waals surface area contributed by atoms with Crippen molar-refractivity contribution in [3.05, 3.63) is 53.1 Å². The van der Waals surface area contributed by atoms with Crippen LogP contribution in [0.4, 0.5) is 4.39 Å². The molecule has 0 radical (unpaired) electrons. The molecular weight excluding hydrogens is 261 g/mol. The lowest BCUT2D eigenvalue weighted by atomic mass is 10.3. The molecule has 1 heterocycles. The van der Waals surface area contributed by atoms with Gasteiger partial charge in [0.05, 0.1) is 16.5 Å². The molecule has 0 aliphatic carbocycles. The van der Waals surface area contributed by atoms with Crippen LogP contribution in [0.25, 0.3) is 0 Å². The van der Waals surface area contributed by atoms with Crippen molar-refractivity contribution in [2.45, 2.75) is 4.90 Å². The zero-order valence-electron chi connectivity index (χ0n) is 8.74. The minimum atomic E-state index is -0.452. The van der Waals surface area contributed by atoms with E-state index in [4.69, 9.17) is 11.6 Å². The summed E-state index contributed by atoms with van der Waals surface area (Å²) in [6, 6.07) is 7.91. The van der Waals surface area contributed by atoms with E-state index in [1.165, 1.54) is 23.9 Å². The number of benzene rings is 1. The van der Waals surface area contributed by atoms with E-state index in [0.717, 1.165) is 4.90 Å². The second-order valence-corrected chi connectivity index (χ2v) is 4.83. The van der Waals surface area contributed by atoms with Crippen molar-refractivity contribution in [3.8, 4) is 0 Å². The molecule has 17 heavy (non-hydrogen) atoms. The highest BCUT2D eigenvalue weighted by atomic mass is 35.5. The van der Waals surface area contributed by atoms with Crippen LogP contribution in [0.2, 0.25) is 5.02 Å². The summed E-state index contributed by atoms with van der Waals surface area (Å²) in [6.45, 7) is 0. The van der Waals surface area contributed by atoms with Crippen LogP contribution in [0.1, 0.15) is 10.5 Å². The number of carbonyl (C=O) groups is 1. The van der Waals surface area contributed by atoms with Gasteiger partial charge in [0.15, 0.2) is 5.78 Å². The number of ketones is 1. The third-order valence-corrected chi connectivity index (χ3v) is 3.44. The van der Waals surface area contributed by atoms with Crippen LogP contribution in [-0.4, -0.2) is 16.5 Å². The number of H-pyrrole nitrogens is 1. The Morgan fingerprint density at radius 3 is 2.88 bits per heavy atom. The van der Waals surface area contributed by atoms with E-state index in [1.807, 2.05) is 0 Å². The van der Waals surface area contributed by atoms with E-state index in [1.54, 1.807) is 24.4 Å². The van der Waals surface area contributed by atoms with Crippen LogP contribution >= 0.6 is 23.4 Å². The minimum Gasteiger partial charge on any atom is -0.359 e.